The third-order valence-electron chi connectivity index (χ3n) is 2.91. The summed E-state index contributed by atoms with van der Waals surface area (Å²) < 4.78 is 0. The molecule has 0 aliphatic carbocycles. The van der Waals surface area contributed by atoms with E-state index in [2.05, 4.69) is 0 Å². The third-order valence-corrected chi connectivity index (χ3v) is 2.91. The molecule has 4 nitrogen and oxygen atoms in total. The Morgan fingerprint density at radius 3 is 2.17 bits per heavy atom. The van der Waals surface area contributed by atoms with Crippen molar-refractivity contribution >= 4 is 11.7 Å². The zero-order valence-electron chi connectivity index (χ0n) is 9.71. The summed E-state index contributed by atoms with van der Waals surface area (Å²) >= 11 is 0. The van der Waals surface area contributed by atoms with Crippen LogP contribution in [0.3, 0.4) is 0 Å². The van der Waals surface area contributed by atoms with Crippen molar-refractivity contribution < 1.29 is 9.90 Å². The Morgan fingerprint density at radius 2 is 1.61 bits per heavy atom. The van der Waals surface area contributed by atoms with E-state index in [0.717, 1.165) is 0 Å². The molecule has 0 aliphatic rings. The molecule has 0 aromatic heterocycles. The van der Waals surface area contributed by atoms with Crippen LogP contribution in [0.25, 0.3) is 0 Å². The minimum absolute atomic E-state index is 0.459. The SMILES string of the molecule is Nc1cccc(C(N)(C(=O)O)c2ccccc2)c1. The molecule has 0 aliphatic heterocycles. The van der Waals surface area contributed by atoms with Crippen LogP contribution in [0.1, 0.15) is 11.1 Å². The maximum absolute atomic E-state index is 11.6. The Balaban J connectivity index is 2.62. The molecule has 0 bridgehead atoms. The Kier molecular flexibility index (Phi) is 3.04. The van der Waals surface area contributed by atoms with Crippen LogP contribution in [-0.2, 0) is 10.3 Å². The van der Waals surface area contributed by atoms with Crippen molar-refractivity contribution in [1.29, 1.82) is 0 Å². The highest BCUT2D eigenvalue weighted by Gasteiger charge is 2.38. The van der Waals surface area contributed by atoms with E-state index < -0.39 is 11.5 Å². The van der Waals surface area contributed by atoms with Gasteiger partial charge in [0.1, 0.15) is 0 Å². The van der Waals surface area contributed by atoms with Crippen LogP contribution < -0.4 is 11.5 Å². The summed E-state index contributed by atoms with van der Waals surface area (Å²) in [4.78, 5) is 11.6. The first-order valence-electron chi connectivity index (χ1n) is 5.49. The normalized spacial score (nSPS) is 13.8. The van der Waals surface area contributed by atoms with Crippen molar-refractivity contribution in [2.45, 2.75) is 5.54 Å². The van der Waals surface area contributed by atoms with Crippen LogP contribution in [0.5, 0.6) is 0 Å². The van der Waals surface area contributed by atoms with Crippen molar-refractivity contribution in [3.63, 3.8) is 0 Å². The average Bonchev–Trinajstić information content (AvgIpc) is 2.38. The number of anilines is 1. The molecule has 0 saturated heterocycles. The fourth-order valence-corrected chi connectivity index (χ4v) is 1.90. The Morgan fingerprint density at radius 1 is 1.00 bits per heavy atom. The predicted octanol–water partition coefficient (Wildman–Crippen LogP) is 1.56. The summed E-state index contributed by atoms with van der Waals surface area (Å²) in [6.07, 6.45) is 0. The second-order valence-corrected chi connectivity index (χ2v) is 4.10. The highest BCUT2D eigenvalue weighted by molar-refractivity contribution is 5.85. The van der Waals surface area contributed by atoms with Gasteiger partial charge >= 0.3 is 5.97 Å². The van der Waals surface area contributed by atoms with Crippen LogP contribution in [-0.4, -0.2) is 11.1 Å². The molecule has 0 radical (unpaired) electrons. The first-order chi connectivity index (χ1) is 8.55. The first kappa shape index (κ1) is 12.1. The lowest BCUT2D eigenvalue weighted by molar-refractivity contribution is -0.142. The standard InChI is InChI=1S/C14H14N2O2/c15-12-8-4-7-11(9-12)14(16,13(17)18)10-5-2-1-3-6-10/h1-9H,15-16H2,(H,17,18). The molecule has 2 rings (SSSR count). The molecule has 0 saturated carbocycles. The van der Waals surface area contributed by atoms with E-state index >= 15 is 0 Å². The smallest absolute Gasteiger partial charge is 0.333 e. The van der Waals surface area contributed by atoms with Gasteiger partial charge in [-0.05, 0) is 23.3 Å². The molecule has 0 amide bonds. The number of hydrogen-bond acceptors (Lipinski definition) is 3. The third kappa shape index (κ3) is 1.94. The molecule has 1 atom stereocenters. The molecule has 1 unspecified atom stereocenters. The molecule has 0 spiro atoms. The van der Waals surface area contributed by atoms with E-state index in [4.69, 9.17) is 11.5 Å². The van der Waals surface area contributed by atoms with E-state index in [-0.39, 0.29) is 0 Å². The number of aliphatic carboxylic acids is 1. The minimum atomic E-state index is -1.59. The quantitative estimate of drug-likeness (QED) is 0.712. The first-order valence-corrected chi connectivity index (χ1v) is 5.49. The number of benzene rings is 2. The average molecular weight is 242 g/mol. The largest absolute Gasteiger partial charge is 0.479 e. The Hall–Kier alpha value is -2.33. The van der Waals surface area contributed by atoms with Crippen molar-refractivity contribution in [3.05, 3.63) is 65.7 Å². The zero-order chi connectivity index (χ0) is 13.2. The van der Waals surface area contributed by atoms with Crippen LogP contribution in [0.4, 0.5) is 5.69 Å². The molecular formula is C14H14N2O2. The number of hydrogen-bond donors (Lipinski definition) is 3. The lowest BCUT2D eigenvalue weighted by atomic mass is 9.83. The number of nitrogens with two attached hydrogens (primary N) is 2. The maximum Gasteiger partial charge on any atom is 0.333 e. The second kappa shape index (κ2) is 4.50. The Labute approximate surface area is 105 Å². The maximum atomic E-state index is 11.6. The molecule has 0 heterocycles. The number of nitrogen functional groups attached to an aromatic ring is 1. The molecule has 0 fully saturated rings. The van der Waals surface area contributed by atoms with Gasteiger partial charge in [-0.1, -0.05) is 42.5 Å². The summed E-state index contributed by atoms with van der Waals surface area (Å²) in [5.41, 5.74) is 11.7. The minimum Gasteiger partial charge on any atom is -0.479 e. The summed E-state index contributed by atoms with van der Waals surface area (Å²) in [6, 6.07) is 15.3. The van der Waals surface area contributed by atoms with Gasteiger partial charge in [0.2, 0.25) is 0 Å². The predicted molar refractivity (Wildman–Crippen MR) is 69.9 cm³/mol. The van der Waals surface area contributed by atoms with E-state index in [0.29, 0.717) is 16.8 Å². The Bertz CT molecular complexity index is 569. The van der Waals surface area contributed by atoms with Crippen LogP contribution in [0, 0.1) is 0 Å². The number of rotatable bonds is 3. The van der Waals surface area contributed by atoms with Gasteiger partial charge in [-0.3, -0.25) is 0 Å². The molecule has 5 N–H and O–H groups in total. The topological polar surface area (TPSA) is 89.3 Å². The van der Waals surface area contributed by atoms with Gasteiger partial charge in [0, 0.05) is 5.69 Å². The van der Waals surface area contributed by atoms with E-state index in [1.807, 2.05) is 6.07 Å². The molecule has 2 aromatic rings. The van der Waals surface area contributed by atoms with Crippen LogP contribution >= 0.6 is 0 Å². The number of carboxylic acid groups (broad SMARTS) is 1. The second-order valence-electron chi connectivity index (χ2n) is 4.10. The van der Waals surface area contributed by atoms with Gasteiger partial charge < -0.3 is 16.6 Å². The van der Waals surface area contributed by atoms with Gasteiger partial charge in [0.05, 0.1) is 0 Å². The fraction of sp³-hybridized carbons (Fsp3) is 0.0714. The van der Waals surface area contributed by atoms with Crippen molar-refractivity contribution in [1.82, 2.24) is 0 Å². The van der Waals surface area contributed by atoms with E-state index in [9.17, 15) is 9.90 Å². The summed E-state index contributed by atoms with van der Waals surface area (Å²) in [5.74, 6) is -1.11. The van der Waals surface area contributed by atoms with Gasteiger partial charge in [-0.2, -0.15) is 0 Å². The van der Waals surface area contributed by atoms with Crippen molar-refractivity contribution in [2.75, 3.05) is 5.73 Å². The molecule has 18 heavy (non-hydrogen) atoms. The number of carboxylic acids is 1. The van der Waals surface area contributed by atoms with Gasteiger partial charge in [0.25, 0.3) is 0 Å². The highest BCUT2D eigenvalue weighted by atomic mass is 16.4. The fourth-order valence-electron chi connectivity index (χ4n) is 1.90. The monoisotopic (exact) mass is 242 g/mol. The molecule has 92 valence electrons. The molecular weight excluding hydrogens is 228 g/mol. The van der Waals surface area contributed by atoms with Crippen molar-refractivity contribution in [3.8, 4) is 0 Å². The van der Waals surface area contributed by atoms with Gasteiger partial charge in [-0.25, -0.2) is 4.79 Å². The van der Waals surface area contributed by atoms with E-state index in [1.165, 1.54) is 0 Å². The van der Waals surface area contributed by atoms with E-state index in [1.54, 1.807) is 48.5 Å². The van der Waals surface area contributed by atoms with Crippen LogP contribution in [0.15, 0.2) is 54.6 Å². The van der Waals surface area contributed by atoms with Crippen molar-refractivity contribution in [2.24, 2.45) is 5.73 Å². The zero-order valence-corrected chi connectivity index (χ0v) is 9.71. The lowest BCUT2D eigenvalue weighted by Crippen LogP contribution is -2.45. The summed E-state index contributed by atoms with van der Waals surface area (Å²) in [5, 5.41) is 9.46. The lowest BCUT2D eigenvalue weighted by Gasteiger charge is -2.26. The van der Waals surface area contributed by atoms with Gasteiger partial charge in [0.15, 0.2) is 5.54 Å². The molecule has 4 heteroatoms. The summed E-state index contributed by atoms with van der Waals surface area (Å²) in [6.45, 7) is 0. The van der Waals surface area contributed by atoms with Crippen LogP contribution in [0.2, 0.25) is 0 Å². The molecule has 2 aromatic carbocycles. The number of carbonyl (C=O) groups is 1. The highest BCUT2D eigenvalue weighted by Crippen LogP contribution is 2.28. The summed E-state index contributed by atoms with van der Waals surface area (Å²) in [7, 11) is 0. The van der Waals surface area contributed by atoms with Gasteiger partial charge in [-0.15, -0.1) is 0 Å².